The molecule has 0 spiro atoms. The molecular weight excluding hydrogens is 518 g/mol. The molecule has 0 bridgehead atoms. The molecule has 36 heavy (non-hydrogen) atoms. The first kappa shape index (κ1) is 27.8. The minimum atomic E-state index is -4.64. The van der Waals surface area contributed by atoms with Gasteiger partial charge >= 0.3 is 13.8 Å². The molecule has 0 saturated carbocycles. The number of rotatable bonds is 10. The number of amides is 1. The van der Waals surface area contributed by atoms with Gasteiger partial charge in [-0.15, -0.1) is 0 Å². The molecule has 3 aromatic rings. The second-order valence-electron chi connectivity index (χ2n) is 7.58. The van der Waals surface area contributed by atoms with Crippen molar-refractivity contribution in [3.63, 3.8) is 0 Å². The van der Waals surface area contributed by atoms with Gasteiger partial charge in [0.2, 0.25) is 5.91 Å². The van der Waals surface area contributed by atoms with E-state index < -0.39 is 42.5 Å². The SMILES string of the molecule is CCOP(=O)(CC(=O)NS(=O)c1ccc(-n2nc(C(F)(F)F)cc2-c2ccc(C)cc2)cc1)OCC. The summed E-state index contributed by atoms with van der Waals surface area (Å²) in [6.45, 7) is 5.22. The van der Waals surface area contributed by atoms with Crippen LogP contribution >= 0.6 is 7.60 Å². The molecule has 1 N–H and O–H groups in total. The van der Waals surface area contributed by atoms with E-state index in [-0.39, 0.29) is 23.8 Å². The van der Waals surface area contributed by atoms with Crippen molar-refractivity contribution in [3.05, 3.63) is 65.9 Å². The van der Waals surface area contributed by atoms with E-state index in [2.05, 4.69) is 9.82 Å². The molecule has 1 heterocycles. The summed E-state index contributed by atoms with van der Waals surface area (Å²) in [6, 6.07) is 13.6. The van der Waals surface area contributed by atoms with Gasteiger partial charge < -0.3 is 9.05 Å². The maximum atomic E-state index is 13.4. The maximum absolute atomic E-state index is 13.4. The van der Waals surface area contributed by atoms with Gasteiger partial charge in [-0.05, 0) is 51.1 Å². The number of benzene rings is 2. The van der Waals surface area contributed by atoms with Crippen LogP contribution < -0.4 is 4.72 Å². The van der Waals surface area contributed by atoms with Gasteiger partial charge in [-0.2, -0.15) is 18.3 Å². The molecule has 0 aliphatic carbocycles. The third kappa shape index (κ3) is 6.91. The summed E-state index contributed by atoms with van der Waals surface area (Å²) in [5, 5.41) is 3.74. The second kappa shape index (κ2) is 11.5. The largest absolute Gasteiger partial charge is 0.435 e. The highest BCUT2D eigenvalue weighted by atomic mass is 32.2. The second-order valence-corrected chi connectivity index (χ2v) is 10.9. The topological polar surface area (TPSA) is 99.5 Å². The molecule has 1 atom stereocenters. The van der Waals surface area contributed by atoms with Crippen LogP contribution in [0.15, 0.2) is 59.5 Å². The van der Waals surface area contributed by atoms with Gasteiger partial charge in [0.05, 0.1) is 29.5 Å². The van der Waals surface area contributed by atoms with Gasteiger partial charge in [-0.3, -0.25) is 14.1 Å². The van der Waals surface area contributed by atoms with Crippen LogP contribution in [0.2, 0.25) is 0 Å². The zero-order valence-corrected chi connectivity index (χ0v) is 21.5. The first-order valence-electron chi connectivity index (χ1n) is 10.9. The zero-order valence-electron chi connectivity index (χ0n) is 19.7. The lowest BCUT2D eigenvalue weighted by atomic mass is 10.1. The fourth-order valence-corrected chi connectivity index (χ4v) is 5.61. The van der Waals surface area contributed by atoms with Crippen LogP contribution in [0.3, 0.4) is 0 Å². The normalized spacial score (nSPS) is 12.9. The quantitative estimate of drug-likeness (QED) is 0.350. The third-order valence-corrected chi connectivity index (χ3v) is 7.93. The van der Waals surface area contributed by atoms with Crippen molar-refractivity contribution in [1.82, 2.24) is 14.5 Å². The van der Waals surface area contributed by atoms with E-state index in [1.807, 2.05) is 6.92 Å². The Kier molecular flexibility index (Phi) is 8.89. The summed E-state index contributed by atoms with van der Waals surface area (Å²) >= 11 is 0. The molecule has 0 aliphatic heterocycles. The van der Waals surface area contributed by atoms with Crippen molar-refractivity contribution in [2.75, 3.05) is 19.4 Å². The van der Waals surface area contributed by atoms with Crippen molar-refractivity contribution >= 4 is 24.5 Å². The lowest BCUT2D eigenvalue weighted by Crippen LogP contribution is -2.29. The molecule has 0 radical (unpaired) electrons. The van der Waals surface area contributed by atoms with Crippen molar-refractivity contribution in [1.29, 1.82) is 0 Å². The lowest BCUT2D eigenvalue weighted by Gasteiger charge is -2.16. The van der Waals surface area contributed by atoms with E-state index in [0.717, 1.165) is 16.3 Å². The standard InChI is InChI=1S/C23H25F3N3O5PS/c1-4-33-35(31,34-5-2)15-22(30)28-36(32)19-12-10-18(11-13-19)29-20(14-21(27-29)23(24,25)26)17-8-6-16(3)7-9-17/h6-14H,4-5,15H2,1-3H3,(H,28,30). The maximum Gasteiger partial charge on any atom is 0.435 e. The Morgan fingerprint density at radius 3 is 2.17 bits per heavy atom. The predicted octanol–water partition coefficient (Wildman–Crippen LogP) is 5.27. The van der Waals surface area contributed by atoms with Crippen molar-refractivity contribution in [3.8, 4) is 16.9 Å². The highest BCUT2D eigenvalue weighted by molar-refractivity contribution is 7.83. The molecule has 1 aromatic heterocycles. The monoisotopic (exact) mass is 543 g/mol. The number of aromatic nitrogens is 2. The van der Waals surface area contributed by atoms with E-state index in [1.54, 1.807) is 38.1 Å². The average molecular weight is 544 g/mol. The third-order valence-electron chi connectivity index (χ3n) is 4.84. The van der Waals surface area contributed by atoms with Crippen molar-refractivity contribution < 1.29 is 35.8 Å². The lowest BCUT2D eigenvalue weighted by molar-refractivity contribution is -0.141. The molecule has 1 unspecified atom stereocenters. The summed E-state index contributed by atoms with van der Waals surface area (Å²) < 4.78 is 78.7. The number of hydrogen-bond acceptors (Lipinski definition) is 6. The summed E-state index contributed by atoms with van der Waals surface area (Å²) in [6.07, 6.45) is -5.25. The minimum absolute atomic E-state index is 0.0726. The van der Waals surface area contributed by atoms with Crippen LogP contribution in [0.25, 0.3) is 16.9 Å². The van der Waals surface area contributed by atoms with Gasteiger partial charge in [0, 0.05) is 5.56 Å². The number of carbonyl (C=O) groups is 1. The Morgan fingerprint density at radius 2 is 1.64 bits per heavy atom. The highest BCUT2D eigenvalue weighted by Gasteiger charge is 2.35. The number of halogens is 3. The molecule has 3 rings (SSSR count). The Morgan fingerprint density at radius 1 is 1.06 bits per heavy atom. The van der Waals surface area contributed by atoms with Gasteiger partial charge in [-0.25, -0.2) is 8.89 Å². The van der Waals surface area contributed by atoms with Crippen LogP contribution in [0, 0.1) is 6.92 Å². The Labute approximate surface area is 208 Å². The first-order chi connectivity index (χ1) is 17.0. The fraction of sp³-hybridized carbons (Fsp3) is 0.304. The Balaban J connectivity index is 1.83. The van der Waals surface area contributed by atoms with Gasteiger partial charge in [0.1, 0.15) is 6.16 Å². The molecule has 0 saturated heterocycles. The predicted molar refractivity (Wildman–Crippen MR) is 129 cm³/mol. The molecule has 1 amide bonds. The number of hydrogen-bond donors (Lipinski definition) is 1. The van der Waals surface area contributed by atoms with Crippen molar-refractivity contribution in [2.24, 2.45) is 0 Å². The highest BCUT2D eigenvalue weighted by Crippen LogP contribution is 2.47. The summed E-state index contributed by atoms with van der Waals surface area (Å²) in [4.78, 5) is 12.4. The van der Waals surface area contributed by atoms with E-state index in [0.29, 0.717) is 11.3 Å². The minimum Gasteiger partial charge on any atom is -0.309 e. The van der Waals surface area contributed by atoms with E-state index >= 15 is 0 Å². The first-order valence-corrected chi connectivity index (χ1v) is 13.8. The summed E-state index contributed by atoms with van der Waals surface area (Å²) in [7, 11) is -5.69. The molecule has 8 nitrogen and oxygen atoms in total. The molecule has 0 fully saturated rings. The van der Waals surface area contributed by atoms with Crippen molar-refractivity contribution in [2.45, 2.75) is 31.8 Å². The number of nitrogens with zero attached hydrogens (tertiary/aromatic N) is 2. The van der Waals surface area contributed by atoms with E-state index in [1.165, 1.54) is 24.3 Å². The number of alkyl halides is 3. The molecule has 194 valence electrons. The number of aryl methyl sites for hydroxylation is 1. The number of nitrogens with one attached hydrogen (secondary N) is 1. The van der Waals surface area contributed by atoms with E-state index in [4.69, 9.17) is 9.05 Å². The Bertz CT molecular complexity index is 1270. The number of carbonyl (C=O) groups excluding carboxylic acids is 1. The van der Waals surface area contributed by atoms with Gasteiger partial charge in [0.15, 0.2) is 16.7 Å². The Hall–Kier alpha value is -2.79. The average Bonchev–Trinajstić information content (AvgIpc) is 3.26. The van der Waals surface area contributed by atoms with Crippen LogP contribution in [-0.2, 0) is 35.6 Å². The van der Waals surface area contributed by atoms with Gasteiger partial charge in [0.25, 0.3) is 0 Å². The van der Waals surface area contributed by atoms with Crippen LogP contribution in [0.1, 0.15) is 25.1 Å². The van der Waals surface area contributed by atoms with Crippen LogP contribution in [0.5, 0.6) is 0 Å². The molecule has 13 heteroatoms. The summed E-state index contributed by atoms with van der Waals surface area (Å²) in [5.41, 5.74) is 0.966. The van der Waals surface area contributed by atoms with Gasteiger partial charge in [-0.1, -0.05) is 29.8 Å². The molecule has 2 aromatic carbocycles. The summed E-state index contributed by atoms with van der Waals surface area (Å²) in [5.74, 6) is -0.800. The van der Waals surface area contributed by atoms with Crippen LogP contribution in [0.4, 0.5) is 13.2 Å². The fourth-order valence-electron chi connectivity index (χ4n) is 3.25. The zero-order chi connectivity index (χ0) is 26.5. The molecular formula is C23H25F3N3O5PS. The molecule has 0 aliphatic rings. The van der Waals surface area contributed by atoms with E-state index in [9.17, 15) is 26.7 Å². The smallest absolute Gasteiger partial charge is 0.309 e. The van der Waals surface area contributed by atoms with Crippen LogP contribution in [-0.4, -0.2) is 39.3 Å².